The number of alkyl halides is 1. The van der Waals surface area contributed by atoms with Gasteiger partial charge in [0.25, 0.3) is 8.53 Å². The Bertz CT molecular complexity index is 395. The minimum atomic E-state index is -1.58. The highest BCUT2D eigenvalue weighted by atomic mass is 31.2. The van der Waals surface area contributed by atoms with Crippen molar-refractivity contribution in [2.75, 3.05) is 6.61 Å². The fraction of sp³-hybridized carbons (Fsp3) is 0.929. The van der Waals surface area contributed by atoms with Crippen LogP contribution in [-0.2, 0) is 13.8 Å². The largest absolute Gasteiger partial charge is 0.379 e. The molecule has 1 heterocycles. The van der Waals surface area contributed by atoms with Crippen LogP contribution in [0.5, 0.6) is 0 Å². The van der Waals surface area contributed by atoms with Gasteiger partial charge in [-0.3, -0.25) is 0 Å². The first kappa shape index (κ1) is 18.1. The summed E-state index contributed by atoms with van der Waals surface area (Å²) in [6.07, 6.45) is -2.93. The zero-order valence-corrected chi connectivity index (χ0v) is 14.5. The predicted molar refractivity (Wildman–Crippen MR) is 85.1 cm³/mol. The van der Waals surface area contributed by atoms with Gasteiger partial charge in [0, 0.05) is 13.5 Å². The Morgan fingerprint density at radius 3 is 2.59 bits per heavy atom. The lowest BCUT2D eigenvalue weighted by Crippen LogP contribution is -2.37. The van der Waals surface area contributed by atoms with Gasteiger partial charge in [0.05, 0.1) is 31.2 Å². The normalized spacial score (nSPS) is 30.8. The van der Waals surface area contributed by atoms with Crippen molar-refractivity contribution in [1.29, 1.82) is 5.26 Å². The zero-order chi connectivity index (χ0) is 17.6. The summed E-state index contributed by atoms with van der Waals surface area (Å²) in [5.74, 6) is 0. The molecule has 0 bridgehead atoms. The topological polar surface area (TPSA) is 54.7 Å². The first-order valence-electron chi connectivity index (χ1n) is 8.13. The average Bonchev–Trinajstić information content (AvgIpc) is 2.74. The molecule has 1 fully saturated rings. The quantitative estimate of drug-likeness (QED) is 0.389. The number of hydrogen-bond acceptors (Lipinski definition) is 5. The SMILES string of the molecule is [2H]C[C@H]1O[C@@H]([B])[C@@H](F)C1OP(OCCC#N)N(C(C)C)C(C)C. The van der Waals surface area contributed by atoms with Crippen LogP contribution < -0.4 is 0 Å². The maximum atomic E-state index is 14.3. The van der Waals surface area contributed by atoms with Gasteiger partial charge in [0.1, 0.15) is 20.1 Å². The van der Waals surface area contributed by atoms with Crippen LogP contribution in [-0.4, -0.2) is 55.6 Å². The van der Waals surface area contributed by atoms with Crippen molar-refractivity contribution in [1.82, 2.24) is 4.67 Å². The van der Waals surface area contributed by atoms with E-state index in [2.05, 4.69) is 0 Å². The van der Waals surface area contributed by atoms with Crippen LogP contribution in [0.25, 0.3) is 0 Å². The molecule has 0 aromatic carbocycles. The third kappa shape index (κ3) is 5.14. The van der Waals surface area contributed by atoms with Gasteiger partial charge < -0.3 is 13.8 Å². The highest BCUT2D eigenvalue weighted by Crippen LogP contribution is 2.49. The van der Waals surface area contributed by atoms with Crippen molar-refractivity contribution >= 4 is 16.4 Å². The fourth-order valence-corrected chi connectivity index (χ4v) is 4.04. The lowest BCUT2D eigenvalue weighted by atomic mass is 9.94. The van der Waals surface area contributed by atoms with E-state index in [1.54, 1.807) is 0 Å². The standard InChI is InChI=1S/C14H25BFN2O3P/c1-9(2)18(10(3)4)22(19-8-6-7-17)21-13-11(5)20-14(15)12(13)16/h9-14H,6,8H2,1-5H3/t11-,12+,13?,14-,22?/m1/s1/i5D. The van der Waals surface area contributed by atoms with E-state index < -0.39 is 32.9 Å². The molecule has 2 unspecified atom stereocenters. The van der Waals surface area contributed by atoms with Gasteiger partial charge in [0.2, 0.25) is 0 Å². The molecule has 1 aliphatic rings. The summed E-state index contributed by atoms with van der Waals surface area (Å²) in [6, 6.07) is 1.16. The van der Waals surface area contributed by atoms with Crippen LogP contribution in [0, 0.1) is 11.3 Å². The second-order valence-corrected chi connectivity index (χ2v) is 7.11. The molecule has 124 valence electrons. The average molecular weight is 331 g/mol. The molecule has 0 N–H and O–H groups in total. The number of halogens is 1. The Morgan fingerprint density at radius 2 is 2.09 bits per heavy atom. The van der Waals surface area contributed by atoms with Gasteiger partial charge in [-0.25, -0.2) is 9.06 Å². The Hall–Kier alpha value is -0.245. The molecular formula is C14H25BFN2O3P. The second kappa shape index (κ2) is 9.15. The molecule has 1 aliphatic heterocycles. The van der Waals surface area contributed by atoms with Crippen LogP contribution in [0.2, 0.25) is 0 Å². The lowest BCUT2D eigenvalue weighted by molar-refractivity contribution is 0.0433. The first-order chi connectivity index (χ1) is 10.8. The molecule has 5 atom stereocenters. The van der Waals surface area contributed by atoms with Gasteiger partial charge in [-0.15, -0.1) is 0 Å². The molecule has 0 aromatic heterocycles. The van der Waals surface area contributed by atoms with Crippen molar-refractivity contribution in [2.24, 2.45) is 0 Å². The van der Waals surface area contributed by atoms with E-state index in [1.807, 2.05) is 38.4 Å². The van der Waals surface area contributed by atoms with Crippen LogP contribution >= 0.6 is 8.53 Å². The number of hydrogen-bond donors (Lipinski definition) is 0. The molecule has 1 rings (SSSR count). The van der Waals surface area contributed by atoms with Gasteiger partial charge in [-0.1, -0.05) is 0 Å². The van der Waals surface area contributed by atoms with Crippen LogP contribution in [0.1, 0.15) is 42.4 Å². The van der Waals surface area contributed by atoms with Crippen molar-refractivity contribution < 1.29 is 19.5 Å². The Morgan fingerprint density at radius 1 is 1.45 bits per heavy atom. The molecule has 5 nitrogen and oxygen atoms in total. The van der Waals surface area contributed by atoms with E-state index in [1.165, 1.54) is 0 Å². The summed E-state index contributed by atoms with van der Waals surface area (Å²) in [7, 11) is 4.00. The Labute approximate surface area is 136 Å². The number of nitrogens with zero attached hydrogens (tertiary/aromatic N) is 2. The van der Waals surface area contributed by atoms with Crippen molar-refractivity contribution in [3.05, 3.63) is 0 Å². The molecule has 0 aliphatic carbocycles. The minimum Gasteiger partial charge on any atom is -0.379 e. The van der Waals surface area contributed by atoms with E-state index >= 15 is 0 Å². The predicted octanol–water partition coefficient (Wildman–Crippen LogP) is 2.90. The van der Waals surface area contributed by atoms with Crippen LogP contribution in [0.3, 0.4) is 0 Å². The molecule has 0 amide bonds. The summed E-state index contributed by atoms with van der Waals surface area (Å²) in [6.45, 7) is 8.07. The highest BCUT2D eigenvalue weighted by molar-refractivity contribution is 7.44. The second-order valence-electron chi connectivity index (χ2n) is 5.70. The lowest BCUT2D eigenvalue weighted by Gasteiger charge is -2.37. The monoisotopic (exact) mass is 331 g/mol. The van der Waals surface area contributed by atoms with E-state index in [-0.39, 0.29) is 32.0 Å². The molecule has 22 heavy (non-hydrogen) atoms. The van der Waals surface area contributed by atoms with Gasteiger partial charge in [0.15, 0.2) is 0 Å². The van der Waals surface area contributed by atoms with E-state index in [0.29, 0.717) is 0 Å². The van der Waals surface area contributed by atoms with E-state index in [0.717, 1.165) is 0 Å². The molecule has 0 spiro atoms. The summed E-state index contributed by atoms with van der Waals surface area (Å²) in [5, 5.41) is 8.68. The molecular weight excluding hydrogens is 305 g/mol. The van der Waals surface area contributed by atoms with Gasteiger partial charge >= 0.3 is 0 Å². The highest BCUT2D eigenvalue weighted by Gasteiger charge is 2.44. The Kier molecular flexibility index (Phi) is 7.53. The van der Waals surface area contributed by atoms with E-state index in [4.69, 9.17) is 28.3 Å². The molecule has 2 radical (unpaired) electrons. The van der Waals surface area contributed by atoms with Crippen molar-refractivity contribution in [3.8, 4) is 6.07 Å². The maximum absolute atomic E-state index is 14.3. The number of nitriles is 1. The molecule has 8 heteroatoms. The maximum Gasteiger partial charge on any atom is 0.259 e. The summed E-state index contributed by atoms with van der Waals surface area (Å²) in [4.78, 5) is 0. The Balaban J connectivity index is 2.88. The molecule has 0 saturated carbocycles. The molecule has 0 aromatic rings. The third-order valence-electron chi connectivity index (χ3n) is 3.20. The van der Waals surface area contributed by atoms with Crippen molar-refractivity contribution in [3.63, 3.8) is 0 Å². The fourth-order valence-electron chi connectivity index (χ4n) is 2.27. The summed E-state index contributed by atoms with van der Waals surface area (Å²) >= 11 is 0. The van der Waals surface area contributed by atoms with Gasteiger partial charge in [-0.05, 0) is 34.6 Å². The first-order valence-corrected chi connectivity index (χ1v) is 8.55. The minimum absolute atomic E-state index is 0.117. The van der Waals surface area contributed by atoms with Gasteiger partial charge in [-0.2, -0.15) is 5.26 Å². The summed E-state index contributed by atoms with van der Waals surface area (Å²) in [5.41, 5.74) is 0. The molecule has 1 saturated heterocycles. The number of ether oxygens (including phenoxy) is 1. The smallest absolute Gasteiger partial charge is 0.259 e. The zero-order valence-electron chi connectivity index (χ0n) is 14.6. The van der Waals surface area contributed by atoms with Crippen LogP contribution in [0.15, 0.2) is 0 Å². The van der Waals surface area contributed by atoms with E-state index in [9.17, 15) is 4.39 Å². The van der Waals surface area contributed by atoms with Crippen LogP contribution in [0.4, 0.5) is 4.39 Å². The third-order valence-corrected chi connectivity index (χ3v) is 5.33. The van der Waals surface area contributed by atoms with Crippen molar-refractivity contribution in [2.45, 2.75) is 77.5 Å². The number of rotatable bonds is 8. The summed E-state index contributed by atoms with van der Waals surface area (Å²) < 4.78 is 40.6.